The summed E-state index contributed by atoms with van der Waals surface area (Å²) in [6.07, 6.45) is 1.94. The molecule has 4 aromatic rings. The van der Waals surface area contributed by atoms with Gasteiger partial charge in [-0.25, -0.2) is 4.98 Å². The van der Waals surface area contributed by atoms with Crippen molar-refractivity contribution in [3.05, 3.63) is 89.2 Å². The first kappa shape index (κ1) is 20.3. The van der Waals surface area contributed by atoms with E-state index in [9.17, 15) is 0 Å². The third kappa shape index (κ3) is 4.95. The molecule has 0 saturated carbocycles. The Hall–Kier alpha value is -2.98. The predicted octanol–water partition coefficient (Wildman–Crippen LogP) is 6.44. The molecule has 0 radical (unpaired) electrons. The first-order valence-electron chi connectivity index (χ1n) is 10.2. The third-order valence-corrected chi connectivity index (χ3v) is 5.29. The Morgan fingerprint density at radius 2 is 1.63 bits per heavy atom. The van der Waals surface area contributed by atoms with Crippen LogP contribution in [0.3, 0.4) is 0 Å². The molecule has 1 heterocycles. The summed E-state index contributed by atoms with van der Waals surface area (Å²) in [4.78, 5) is 4.81. The van der Waals surface area contributed by atoms with E-state index in [0.717, 1.165) is 58.3 Å². The second kappa shape index (κ2) is 9.68. The lowest BCUT2D eigenvalue weighted by Gasteiger charge is -2.12. The normalized spacial score (nSPS) is 11.0. The van der Waals surface area contributed by atoms with Crippen molar-refractivity contribution in [3.63, 3.8) is 0 Å². The number of para-hydroxylation sites is 3. The minimum Gasteiger partial charge on any atom is -0.494 e. The molecule has 0 aliphatic carbocycles. The van der Waals surface area contributed by atoms with Crippen LogP contribution in [0.5, 0.6) is 11.5 Å². The van der Waals surface area contributed by atoms with Gasteiger partial charge in [0, 0.05) is 11.6 Å². The van der Waals surface area contributed by atoms with Crippen molar-refractivity contribution in [2.45, 2.75) is 32.9 Å². The maximum Gasteiger partial charge on any atom is 0.147 e. The van der Waals surface area contributed by atoms with Crippen LogP contribution in [-0.4, -0.2) is 16.2 Å². The number of aryl methyl sites for hydroxylation is 2. The Morgan fingerprint density at radius 1 is 0.867 bits per heavy atom. The van der Waals surface area contributed by atoms with Gasteiger partial charge < -0.3 is 14.0 Å². The highest BCUT2D eigenvalue weighted by Gasteiger charge is 2.11. The van der Waals surface area contributed by atoms with Crippen LogP contribution in [0.25, 0.3) is 11.0 Å². The highest BCUT2D eigenvalue weighted by molar-refractivity contribution is 6.30. The van der Waals surface area contributed by atoms with Gasteiger partial charge in [0.15, 0.2) is 0 Å². The summed E-state index contributed by atoms with van der Waals surface area (Å²) >= 11 is 5.91. The highest BCUT2D eigenvalue weighted by atomic mass is 35.5. The SMILES string of the molecule is Cc1ccccc1OCc1nc2ccccc2n1CCCCOc1ccc(Cl)cc1. The van der Waals surface area contributed by atoms with Gasteiger partial charge in [0.05, 0.1) is 17.6 Å². The largest absolute Gasteiger partial charge is 0.494 e. The lowest BCUT2D eigenvalue weighted by atomic mass is 10.2. The molecular weight excluding hydrogens is 396 g/mol. The molecule has 4 rings (SSSR count). The molecule has 0 aliphatic heterocycles. The van der Waals surface area contributed by atoms with Crippen LogP contribution in [0.1, 0.15) is 24.2 Å². The van der Waals surface area contributed by atoms with Crippen LogP contribution in [0.15, 0.2) is 72.8 Å². The molecule has 0 atom stereocenters. The van der Waals surface area contributed by atoms with E-state index in [0.29, 0.717) is 13.2 Å². The smallest absolute Gasteiger partial charge is 0.147 e. The predicted molar refractivity (Wildman–Crippen MR) is 121 cm³/mol. The van der Waals surface area contributed by atoms with Gasteiger partial charge in [-0.15, -0.1) is 0 Å². The summed E-state index contributed by atoms with van der Waals surface area (Å²) in [6.45, 7) is 4.04. The molecule has 0 unspecified atom stereocenters. The van der Waals surface area contributed by atoms with Crippen LogP contribution in [-0.2, 0) is 13.2 Å². The lowest BCUT2D eigenvalue weighted by Crippen LogP contribution is -2.09. The van der Waals surface area contributed by atoms with E-state index in [1.807, 2.05) is 54.6 Å². The molecule has 0 saturated heterocycles. The number of imidazole rings is 1. The van der Waals surface area contributed by atoms with Crippen LogP contribution < -0.4 is 9.47 Å². The Morgan fingerprint density at radius 3 is 2.47 bits per heavy atom. The van der Waals surface area contributed by atoms with Crippen molar-refractivity contribution in [1.29, 1.82) is 0 Å². The fourth-order valence-corrected chi connectivity index (χ4v) is 3.56. The molecule has 0 amide bonds. The van der Waals surface area contributed by atoms with Crippen molar-refractivity contribution in [1.82, 2.24) is 9.55 Å². The Labute approximate surface area is 182 Å². The molecular formula is C25H25ClN2O2. The zero-order valence-electron chi connectivity index (χ0n) is 17.1. The van der Waals surface area contributed by atoms with Gasteiger partial charge in [0.2, 0.25) is 0 Å². The fourth-order valence-electron chi connectivity index (χ4n) is 3.44. The average Bonchev–Trinajstić information content (AvgIpc) is 3.12. The van der Waals surface area contributed by atoms with E-state index < -0.39 is 0 Å². The molecule has 0 aliphatic rings. The van der Waals surface area contributed by atoms with Crippen molar-refractivity contribution >= 4 is 22.6 Å². The molecule has 3 aromatic carbocycles. The van der Waals surface area contributed by atoms with Crippen molar-refractivity contribution in [2.24, 2.45) is 0 Å². The molecule has 0 fully saturated rings. The van der Waals surface area contributed by atoms with Gasteiger partial charge in [-0.3, -0.25) is 0 Å². The molecule has 0 bridgehead atoms. The Bertz CT molecular complexity index is 1110. The van der Waals surface area contributed by atoms with E-state index >= 15 is 0 Å². The number of hydrogen-bond donors (Lipinski definition) is 0. The number of ether oxygens (including phenoxy) is 2. The second-order valence-corrected chi connectivity index (χ2v) is 7.67. The zero-order valence-corrected chi connectivity index (χ0v) is 17.8. The van der Waals surface area contributed by atoms with Gasteiger partial charge >= 0.3 is 0 Å². The van der Waals surface area contributed by atoms with E-state index in [2.05, 4.69) is 29.7 Å². The topological polar surface area (TPSA) is 36.3 Å². The molecule has 4 nitrogen and oxygen atoms in total. The molecule has 0 N–H and O–H groups in total. The van der Waals surface area contributed by atoms with Gasteiger partial charge in [0.25, 0.3) is 0 Å². The van der Waals surface area contributed by atoms with Crippen molar-refractivity contribution in [2.75, 3.05) is 6.61 Å². The molecule has 5 heteroatoms. The van der Waals surface area contributed by atoms with E-state index in [1.54, 1.807) is 0 Å². The summed E-state index contributed by atoms with van der Waals surface area (Å²) in [5.74, 6) is 2.69. The fraction of sp³-hybridized carbons (Fsp3) is 0.240. The van der Waals surface area contributed by atoms with E-state index in [-0.39, 0.29) is 0 Å². The molecule has 0 spiro atoms. The first-order valence-corrected chi connectivity index (χ1v) is 10.6. The number of nitrogens with zero attached hydrogens (tertiary/aromatic N) is 2. The number of aromatic nitrogens is 2. The number of hydrogen-bond acceptors (Lipinski definition) is 3. The number of benzene rings is 3. The number of unbranched alkanes of at least 4 members (excludes halogenated alkanes) is 1. The second-order valence-electron chi connectivity index (χ2n) is 7.23. The number of fused-ring (bicyclic) bond motifs is 1. The summed E-state index contributed by atoms with van der Waals surface area (Å²) in [5.41, 5.74) is 3.26. The molecule has 1 aromatic heterocycles. The summed E-state index contributed by atoms with van der Waals surface area (Å²) in [7, 11) is 0. The Balaban J connectivity index is 1.38. The first-order chi connectivity index (χ1) is 14.7. The zero-order chi connectivity index (χ0) is 20.8. The maximum atomic E-state index is 6.07. The lowest BCUT2D eigenvalue weighted by molar-refractivity contribution is 0.283. The number of halogens is 1. The van der Waals surface area contributed by atoms with E-state index in [1.165, 1.54) is 0 Å². The third-order valence-electron chi connectivity index (χ3n) is 5.04. The quantitative estimate of drug-likeness (QED) is 0.292. The van der Waals surface area contributed by atoms with Gasteiger partial charge in [-0.2, -0.15) is 0 Å². The summed E-state index contributed by atoms with van der Waals surface area (Å²) in [6, 6.07) is 23.8. The molecule has 154 valence electrons. The Kier molecular flexibility index (Phi) is 6.55. The van der Waals surface area contributed by atoms with Gasteiger partial charge in [-0.05, 0) is 67.8 Å². The minimum absolute atomic E-state index is 0.445. The minimum atomic E-state index is 0.445. The highest BCUT2D eigenvalue weighted by Crippen LogP contribution is 2.21. The average molecular weight is 421 g/mol. The van der Waals surface area contributed by atoms with Crippen molar-refractivity contribution < 1.29 is 9.47 Å². The summed E-state index contributed by atoms with van der Waals surface area (Å²) in [5, 5.41) is 0.717. The monoisotopic (exact) mass is 420 g/mol. The molecule has 30 heavy (non-hydrogen) atoms. The van der Waals surface area contributed by atoms with Crippen LogP contribution >= 0.6 is 11.6 Å². The standard InChI is InChI=1S/C25H25ClN2O2/c1-19-8-2-5-11-24(19)30-18-25-27-22-9-3-4-10-23(22)28(25)16-6-7-17-29-21-14-12-20(26)13-15-21/h2-5,8-15H,6-7,16-18H2,1H3. The van der Waals surface area contributed by atoms with Crippen molar-refractivity contribution in [3.8, 4) is 11.5 Å². The van der Waals surface area contributed by atoms with E-state index in [4.69, 9.17) is 26.1 Å². The van der Waals surface area contributed by atoms with Gasteiger partial charge in [0.1, 0.15) is 23.9 Å². The number of rotatable bonds is 9. The maximum absolute atomic E-state index is 6.07. The van der Waals surface area contributed by atoms with Crippen LogP contribution in [0.4, 0.5) is 0 Å². The van der Waals surface area contributed by atoms with Crippen LogP contribution in [0, 0.1) is 6.92 Å². The summed E-state index contributed by atoms with van der Waals surface area (Å²) < 4.78 is 14.1. The van der Waals surface area contributed by atoms with Crippen LogP contribution in [0.2, 0.25) is 5.02 Å². The van der Waals surface area contributed by atoms with Gasteiger partial charge in [-0.1, -0.05) is 41.9 Å².